The van der Waals surface area contributed by atoms with E-state index in [4.69, 9.17) is 67.7 Å². The van der Waals surface area contributed by atoms with Gasteiger partial charge < -0.3 is 71.7 Å². The van der Waals surface area contributed by atoms with Crippen LogP contribution < -0.4 is 62.2 Å². The topological polar surface area (TPSA) is 437 Å². The normalized spacial score (nSPS) is 11.4. The minimum Gasteiger partial charge on any atom is -0.384 e. The highest BCUT2D eigenvalue weighted by Crippen LogP contribution is 2.31. The van der Waals surface area contributed by atoms with Gasteiger partial charge in [0.2, 0.25) is 5.91 Å². The fourth-order valence-electron chi connectivity index (χ4n) is 14.5. The van der Waals surface area contributed by atoms with E-state index in [9.17, 15) is 14.0 Å². The van der Waals surface area contributed by atoms with Crippen LogP contribution in [0.2, 0.25) is 5.02 Å². The number of rotatable bonds is 1. The maximum absolute atomic E-state index is 13.1. The maximum Gasteiger partial charge on any atom is 0.251 e. The van der Waals surface area contributed by atoms with E-state index in [0.29, 0.717) is 64.2 Å². The number of halogens is 2. The van der Waals surface area contributed by atoms with Gasteiger partial charge in [0.15, 0.2) is 11.4 Å². The predicted molar refractivity (Wildman–Crippen MR) is 546 cm³/mol. The summed E-state index contributed by atoms with van der Waals surface area (Å²) in [6, 6.07) is 69.5. The van der Waals surface area contributed by atoms with Crippen LogP contribution in [0.25, 0.3) is 86.6 Å². The zero-order valence-corrected chi connectivity index (χ0v) is 76.0. The van der Waals surface area contributed by atoms with Crippen LogP contribution in [0.4, 0.5) is 50.8 Å². The Hall–Kier alpha value is -16.2. The van der Waals surface area contributed by atoms with Crippen LogP contribution in [-0.2, 0) is 19.5 Å². The highest BCUT2D eigenvalue weighted by molar-refractivity contribution is 6.32. The Balaban J connectivity index is 0.000000140. The fraction of sp³-hybridized carbons (Fsp3) is 0.160. The van der Waals surface area contributed by atoms with Gasteiger partial charge in [0.1, 0.15) is 52.9 Å². The third-order valence-corrected chi connectivity index (χ3v) is 22.4. The molecule has 0 unspecified atom stereocenters. The van der Waals surface area contributed by atoms with E-state index in [1.807, 2.05) is 139 Å². The Kier molecular flexibility index (Phi) is 32.2. The number of carbonyl (C=O) groups excluding carboxylic acids is 2. The Morgan fingerprint density at radius 2 is 0.848 bits per heavy atom. The number of nitrogens with two attached hydrogens (primary N) is 9. The first-order valence-corrected chi connectivity index (χ1v) is 42.6. The van der Waals surface area contributed by atoms with Gasteiger partial charge in [0.25, 0.3) is 5.91 Å². The van der Waals surface area contributed by atoms with Crippen molar-refractivity contribution in [1.82, 2.24) is 50.3 Å². The smallest absolute Gasteiger partial charge is 0.251 e. The predicted octanol–water partition coefficient (Wildman–Crippen LogP) is 21.6. The zero-order chi connectivity index (χ0) is 93.9. The second-order valence-corrected chi connectivity index (χ2v) is 32.6. The molecule has 0 atom stereocenters. The van der Waals surface area contributed by atoms with Crippen LogP contribution in [0.5, 0.6) is 0 Å². The number of aromatic nitrogens is 9. The molecule has 672 valence electrons. The number of fused-ring (bicyclic) bond motifs is 11. The van der Waals surface area contributed by atoms with Crippen molar-refractivity contribution in [3.63, 3.8) is 0 Å². The molecule has 0 spiro atoms. The molecule has 21 N–H and O–H groups in total. The van der Waals surface area contributed by atoms with Crippen LogP contribution in [0.15, 0.2) is 265 Å². The lowest BCUT2D eigenvalue weighted by molar-refractivity contribution is 0.0963. The molecule has 19 aromatic rings. The molecule has 0 saturated carbocycles. The van der Waals surface area contributed by atoms with Gasteiger partial charge in [-0.05, 0) is 311 Å². The number of hydrogen-bond acceptors (Lipinski definition) is 21. The SMILES string of the molecule is C.Cc1cc2c(N)nccc2cc1C(N)=O.Cc1cc2c(N)nccc2cc1Cl.Cc1cc2c(N)nccc2cc1F.Cc1cc2ccnc(N)c2cc1C.Cc1ccc2c(c1)C(=O)NC2.Cc1ccc2c(c1)C(N)=NC2.Cc1ccc2c(c1)NCC2.Cc1ccc2cc[nH]c2c1.Cc1ccc2ccnc(N)c2c1.Cc1ccc2ncnc(N)c2c1.Cc1ccc2onc(N)c2c1. The average molecular weight is 1780 g/mol. The fourth-order valence-corrected chi connectivity index (χ4v) is 14.7. The molecule has 3 aliphatic rings. The number of aromatic amines is 1. The number of pyridine rings is 5. The molecule has 8 aromatic heterocycles. The monoisotopic (exact) mass is 1780 g/mol. The Labute approximate surface area is 771 Å². The summed E-state index contributed by atoms with van der Waals surface area (Å²) in [7, 11) is 0. The summed E-state index contributed by atoms with van der Waals surface area (Å²) < 4.78 is 18.0. The Morgan fingerprint density at radius 1 is 0.394 bits per heavy atom. The molecule has 0 aliphatic carbocycles. The van der Waals surface area contributed by atoms with Crippen molar-refractivity contribution in [2.75, 3.05) is 52.0 Å². The summed E-state index contributed by atoms with van der Waals surface area (Å²) in [4.78, 5) is 57.6. The molecule has 0 saturated heterocycles. The first-order chi connectivity index (χ1) is 62.7. The molecule has 24 nitrogen and oxygen atoms in total. The molecule has 22 rings (SSSR count). The zero-order valence-electron chi connectivity index (χ0n) is 75.3. The van der Waals surface area contributed by atoms with Crippen LogP contribution in [0, 0.1) is 88.9 Å². The number of benzene rings is 11. The minimum absolute atomic E-state index is 0. The van der Waals surface area contributed by atoms with Gasteiger partial charge in [0, 0.05) is 116 Å². The molecule has 11 aromatic carbocycles. The van der Waals surface area contributed by atoms with Gasteiger partial charge >= 0.3 is 0 Å². The lowest BCUT2D eigenvalue weighted by Crippen LogP contribution is -2.12. The molecular formula is C106H111ClFN21O3. The number of amides is 2. The molecule has 11 heterocycles. The average Bonchev–Trinajstić information content (AvgIpc) is 1.13. The van der Waals surface area contributed by atoms with E-state index >= 15 is 0 Å². The van der Waals surface area contributed by atoms with Crippen molar-refractivity contribution in [3.05, 3.63) is 367 Å². The molecule has 0 bridgehead atoms. The molecule has 26 heteroatoms. The van der Waals surface area contributed by atoms with Crippen LogP contribution in [-0.4, -0.2) is 69.2 Å². The van der Waals surface area contributed by atoms with E-state index in [0.717, 1.165) is 133 Å². The minimum atomic E-state index is -0.426. The molecule has 0 radical (unpaired) electrons. The van der Waals surface area contributed by atoms with Crippen molar-refractivity contribution in [3.8, 4) is 0 Å². The number of primary amides is 1. The molecule has 2 amide bonds. The largest absolute Gasteiger partial charge is 0.384 e. The van der Waals surface area contributed by atoms with Crippen molar-refractivity contribution in [2.24, 2.45) is 16.5 Å². The highest BCUT2D eigenvalue weighted by Gasteiger charge is 2.19. The van der Waals surface area contributed by atoms with Crippen molar-refractivity contribution in [1.29, 1.82) is 0 Å². The lowest BCUT2D eigenvalue weighted by atomic mass is 10.0. The van der Waals surface area contributed by atoms with Crippen LogP contribution >= 0.6 is 11.6 Å². The van der Waals surface area contributed by atoms with Gasteiger partial charge in [-0.15, -0.1) is 0 Å². The van der Waals surface area contributed by atoms with Crippen molar-refractivity contribution < 1.29 is 18.5 Å². The van der Waals surface area contributed by atoms with E-state index in [-0.39, 0.29) is 19.2 Å². The van der Waals surface area contributed by atoms with Gasteiger partial charge in [-0.2, -0.15) is 0 Å². The number of nitrogens with zero attached hydrogens (tertiary/aromatic N) is 9. The number of H-pyrrole nitrogens is 1. The number of nitrogen functional groups attached to an aromatic ring is 7. The van der Waals surface area contributed by atoms with Crippen LogP contribution in [0.1, 0.15) is 117 Å². The molecule has 3 aliphatic heterocycles. The highest BCUT2D eigenvalue weighted by atomic mass is 35.5. The number of carbonyl (C=O) groups is 2. The van der Waals surface area contributed by atoms with Crippen molar-refractivity contribution >= 4 is 162 Å². The number of amidine groups is 1. The first-order valence-electron chi connectivity index (χ1n) is 42.2. The Bertz CT molecular complexity index is 7140. The lowest BCUT2D eigenvalue weighted by Gasteiger charge is -2.06. The molecule has 0 fully saturated rings. The number of aliphatic imine (C=N–C) groups is 1. The van der Waals surface area contributed by atoms with E-state index in [2.05, 4.69) is 186 Å². The number of hydrogen-bond donors (Lipinski definition) is 12. The summed E-state index contributed by atoms with van der Waals surface area (Å²) >= 11 is 5.98. The van der Waals surface area contributed by atoms with Gasteiger partial charge in [-0.1, -0.05) is 131 Å². The standard InChI is InChI=1S/C11H11N3O.C11H12N2.C10H9ClN2.C10H9FN2.C10H10N2.C9H9N3.C9H10N2.C9H9NO.C9H11N.C9H9N.C8H8N2O.CH4/c1-6-4-9-7(2-3-14-10(9)12)5-8(6)11(13)15;1-7-5-9-3-4-13-11(12)10(9)6-8(7)2;2*1-6-4-8-7(5-9(6)11)2-3-13-10(8)12;1-7-2-3-8-4-5-12-10(11)9(8)6-7;1-6-2-3-8-7(4-6)9(10)12-5-11-8;1-6-2-3-7-5-11-9(10)8(7)4-6;1-6-2-3-7-5-10-9(11)8(7)4-6;2*1-7-2-3-8-4-5-10-9(8)6-7;1-5-2-3-7-6(4-5)8(9)10-11-7;/h2-5H,1H3,(H2,12,14)(H2,13,15);3-6H,1-2H3,(H2,12,13);2*2-5H,1H3,(H2,12,13);2-6H,1H3,(H2,11,12);2-5H,1H3,(H2,10,11,12);2-4H,5H2,1H3,(H2,10,11);2-4H,5H2,1H3,(H,10,11);2-3,6,10H,4-5H2,1H3;2-6,10H,1H3;2-4H,1H3,(H2,9,10);1H4. The second kappa shape index (κ2) is 44.0. The summed E-state index contributed by atoms with van der Waals surface area (Å²) in [6.45, 7) is 26.6. The van der Waals surface area contributed by atoms with Crippen LogP contribution in [0.3, 0.4) is 0 Å². The molecule has 132 heavy (non-hydrogen) atoms. The summed E-state index contributed by atoms with van der Waals surface area (Å²) in [5.41, 5.74) is 74.7. The van der Waals surface area contributed by atoms with E-state index in [1.54, 1.807) is 62.2 Å². The van der Waals surface area contributed by atoms with Gasteiger partial charge in [0.05, 0.1) is 17.4 Å². The summed E-state index contributed by atoms with van der Waals surface area (Å²) in [5.74, 6) is 3.80. The third kappa shape index (κ3) is 24.8. The maximum atomic E-state index is 13.1. The summed E-state index contributed by atoms with van der Waals surface area (Å²) in [5, 5.41) is 23.3. The first kappa shape index (κ1) is 96.5. The van der Waals surface area contributed by atoms with Gasteiger partial charge in [-0.25, -0.2) is 39.3 Å². The number of aryl methyl sites for hydroxylation is 12. The van der Waals surface area contributed by atoms with E-state index in [1.165, 1.54) is 85.5 Å². The quantitative estimate of drug-likeness (QED) is 0.0726. The number of nitrogens with one attached hydrogen (secondary N) is 3. The molecular weight excluding hydrogens is 1670 g/mol. The van der Waals surface area contributed by atoms with Crippen molar-refractivity contribution in [2.45, 2.75) is 110 Å². The van der Waals surface area contributed by atoms with Gasteiger partial charge in [-0.3, -0.25) is 14.6 Å². The third-order valence-electron chi connectivity index (χ3n) is 22.0. The number of anilines is 8. The summed E-state index contributed by atoms with van der Waals surface area (Å²) in [6.07, 6.45) is 13.0. The Morgan fingerprint density at radius 3 is 1.46 bits per heavy atom. The second-order valence-electron chi connectivity index (χ2n) is 32.2. The van der Waals surface area contributed by atoms with E-state index < -0.39 is 5.91 Å².